The number of aliphatic hydroxyl groups is 1. The summed E-state index contributed by atoms with van der Waals surface area (Å²) in [5, 5.41) is 10.1. The van der Waals surface area contributed by atoms with Crippen LogP contribution in [0.1, 0.15) is 108 Å². The van der Waals surface area contributed by atoms with E-state index in [9.17, 15) is 14.7 Å². The first kappa shape index (κ1) is 28.6. The highest BCUT2D eigenvalue weighted by atomic mass is 16.6. The molecule has 1 N–H and O–H groups in total. The molecule has 3 saturated carbocycles. The maximum Gasteiger partial charge on any atom is 0.308 e. The third-order valence-electron chi connectivity index (χ3n) is 12.0. The summed E-state index contributed by atoms with van der Waals surface area (Å²) >= 11 is 0. The summed E-state index contributed by atoms with van der Waals surface area (Å²) in [6.45, 7) is 6.22. The average molecular weight is 579 g/mol. The number of rotatable bonds is 10. The van der Waals surface area contributed by atoms with Gasteiger partial charge in [0, 0.05) is 49.4 Å². The van der Waals surface area contributed by atoms with Gasteiger partial charge in [0.1, 0.15) is 6.10 Å². The highest BCUT2D eigenvalue weighted by molar-refractivity contribution is 5.77. The Balaban J connectivity index is 1.14. The van der Waals surface area contributed by atoms with Crippen LogP contribution in [0.3, 0.4) is 0 Å². The molecule has 2 bridgehead atoms. The molecule has 1 spiro atoms. The molecule has 7 atom stereocenters. The van der Waals surface area contributed by atoms with Crippen molar-refractivity contribution in [2.75, 3.05) is 19.6 Å². The monoisotopic (exact) mass is 578 g/mol. The van der Waals surface area contributed by atoms with Crippen molar-refractivity contribution in [1.82, 2.24) is 9.80 Å². The van der Waals surface area contributed by atoms with Crippen LogP contribution in [0.15, 0.2) is 12.1 Å². The number of carbonyl (C=O) groups is 2. The second-order valence-electron chi connectivity index (χ2n) is 14.4. The number of likely N-dealkylation sites (N-methyl/N-ethyl adjacent to an activating group) is 1. The van der Waals surface area contributed by atoms with Crippen molar-refractivity contribution in [3.8, 4) is 11.5 Å². The van der Waals surface area contributed by atoms with E-state index in [0.717, 1.165) is 69.7 Å². The van der Waals surface area contributed by atoms with E-state index in [2.05, 4.69) is 22.8 Å². The van der Waals surface area contributed by atoms with Crippen LogP contribution in [0.25, 0.3) is 0 Å². The molecule has 1 aromatic carbocycles. The second-order valence-corrected chi connectivity index (χ2v) is 14.4. The summed E-state index contributed by atoms with van der Waals surface area (Å²) < 4.78 is 12.7. The number of unbranched alkanes of at least 4 members (excludes halogenated alkanes) is 1. The van der Waals surface area contributed by atoms with Crippen molar-refractivity contribution in [3.63, 3.8) is 0 Å². The molecule has 4 aliphatic carbocycles. The van der Waals surface area contributed by atoms with Crippen LogP contribution in [-0.2, 0) is 21.4 Å². The fourth-order valence-electron chi connectivity index (χ4n) is 10.0. The van der Waals surface area contributed by atoms with Gasteiger partial charge in [0.05, 0.1) is 12.1 Å². The normalized spacial score (nSPS) is 34.8. The van der Waals surface area contributed by atoms with Gasteiger partial charge < -0.3 is 19.5 Å². The molecule has 7 nitrogen and oxygen atoms in total. The van der Waals surface area contributed by atoms with Crippen LogP contribution in [-0.4, -0.2) is 70.7 Å². The molecule has 0 aromatic heterocycles. The minimum absolute atomic E-state index is 0.0260. The van der Waals surface area contributed by atoms with Gasteiger partial charge in [-0.25, -0.2) is 0 Å². The molecule has 7 heteroatoms. The van der Waals surface area contributed by atoms with Crippen LogP contribution < -0.4 is 9.47 Å². The number of benzene rings is 1. The van der Waals surface area contributed by atoms with E-state index in [4.69, 9.17) is 9.47 Å². The van der Waals surface area contributed by atoms with Crippen molar-refractivity contribution in [1.29, 1.82) is 0 Å². The maximum atomic E-state index is 13.8. The smallest absolute Gasteiger partial charge is 0.308 e. The van der Waals surface area contributed by atoms with Gasteiger partial charge in [-0.15, -0.1) is 0 Å². The number of amides is 1. The lowest BCUT2D eigenvalue weighted by Gasteiger charge is -2.60. The minimum Gasteiger partial charge on any atom is -0.483 e. The van der Waals surface area contributed by atoms with Crippen LogP contribution >= 0.6 is 0 Å². The first-order valence-corrected chi connectivity index (χ1v) is 17.1. The number of nitrogens with zero attached hydrogens (tertiary/aromatic N) is 2. The molecule has 1 saturated heterocycles. The summed E-state index contributed by atoms with van der Waals surface area (Å²) in [5.41, 5.74) is 2.41. The van der Waals surface area contributed by atoms with Gasteiger partial charge in [-0.3, -0.25) is 14.5 Å². The van der Waals surface area contributed by atoms with Gasteiger partial charge in [-0.05, 0) is 75.5 Å². The summed E-state index contributed by atoms with van der Waals surface area (Å²) in [5.74, 6) is 2.93. The standard InChI is InChI=1S/C35H50N2O5/c1-3-37(31(40)12-8-7-11-23-9-5-4-6-10-23)27-15-14-26-28-19-24-13-16-30(41-22(2)38)33-32(24)35(26,34(27)42-33)17-18-36(28)21-25-20-29(25)39/h13,16,23,25-29,34,39H,3-12,14-15,17-21H2,1-2H3/t25?,26-,27-,28+,29?,34-,35-/m0/s1. The van der Waals surface area contributed by atoms with Crippen LogP contribution in [0.5, 0.6) is 11.5 Å². The first-order chi connectivity index (χ1) is 20.4. The van der Waals surface area contributed by atoms with Gasteiger partial charge in [0.15, 0.2) is 11.5 Å². The Hall–Kier alpha value is -2.12. The minimum atomic E-state index is -0.333. The van der Waals surface area contributed by atoms with Crippen molar-refractivity contribution >= 4 is 11.9 Å². The van der Waals surface area contributed by atoms with Gasteiger partial charge in [-0.1, -0.05) is 51.0 Å². The lowest BCUT2D eigenvalue weighted by molar-refractivity contribution is -0.142. The Morgan fingerprint density at radius 1 is 1.14 bits per heavy atom. The van der Waals surface area contributed by atoms with E-state index < -0.39 is 0 Å². The predicted molar refractivity (Wildman–Crippen MR) is 161 cm³/mol. The third kappa shape index (κ3) is 4.87. The summed E-state index contributed by atoms with van der Waals surface area (Å²) in [7, 11) is 0. The summed E-state index contributed by atoms with van der Waals surface area (Å²) in [4.78, 5) is 30.7. The number of ether oxygens (including phenoxy) is 2. The number of likely N-dealkylation sites (tertiary alicyclic amines) is 1. The zero-order valence-electron chi connectivity index (χ0n) is 25.7. The molecule has 2 aliphatic heterocycles. The molecular formula is C35H50N2O5. The average Bonchev–Trinajstić information content (AvgIpc) is 3.56. The fourth-order valence-corrected chi connectivity index (χ4v) is 10.0. The number of piperidine rings is 1. The van der Waals surface area contributed by atoms with Crippen LogP contribution in [0.4, 0.5) is 0 Å². The van der Waals surface area contributed by atoms with Gasteiger partial charge in [0.2, 0.25) is 5.91 Å². The summed E-state index contributed by atoms with van der Waals surface area (Å²) in [6, 6.07) is 4.51. The molecule has 6 aliphatic rings. The van der Waals surface area contributed by atoms with E-state index in [1.165, 1.54) is 56.6 Å². The lowest BCUT2D eigenvalue weighted by Crippen LogP contribution is -2.69. The molecule has 42 heavy (non-hydrogen) atoms. The number of carbonyl (C=O) groups excluding carboxylic acids is 2. The Morgan fingerprint density at radius 2 is 1.95 bits per heavy atom. The van der Waals surface area contributed by atoms with Gasteiger partial charge in [-0.2, -0.15) is 0 Å². The Labute approximate surface area is 251 Å². The maximum absolute atomic E-state index is 13.8. The second kappa shape index (κ2) is 11.4. The largest absolute Gasteiger partial charge is 0.483 e. The molecule has 1 aromatic rings. The molecule has 1 amide bonds. The number of hydrogen-bond donors (Lipinski definition) is 1. The molecular weight excluding hydrogens is 528 g/mol. The van der Waals surface area contributed by atoms with Crippen molar-refractivity contribution in [3.05, 3.63) is 23.3 Å². The predicted octanol–water partition coefficient (Wildman–Crippen LogP) is 5.39. The zero-order chi connectivity index (χ0) is 29.0. The number of hydrogen-bond acceptors (Lipinski definition) is 6. The van der Waals surface area contributed by atoms with Crippen molar-refractivity contribution in [2.45, 2.75) is 133 Å². The number of esters is 1. The van der Waals surface area contributed by atoms with Crippen LogP contribution in [0, 0.1) is 17.8 Å². The van der Waals surface area contributed by atoms with Crippen LogP contribution in [0.2, 0.25) is 0 Å². The number of aliphatic hydroxyl groups excluding tert-OH is 1. The fraction of sp³-hybridized carbons (Fsp3) is 0.771. The highest BCUT2D eigenvalue weighted by Crippen LogP contribution is 2.64. The molecule has 230 valence electrons. The third-order valence-corrected chi connectivity index (χ3v) is 12.0. The Kier molecular flexibility index (Phi) is 7.79. The van der Waals surface area contributed by atoms with E-state index in [0.29, 0.717) is 36.6 Å². The lowest BCUT2D eigenvalue weighted by atomic mass is 9.51. The molecule has 0 radical (unpaired) electrons. The Bertz CT molecular complexity index is 1200. The molecule has 2 unspecified atom stereocenters. The quantitative estimate of drug-likeness (QED) is 0.228. The highest BCUT2D eigenvalue weighted by Gasteiger charge is 2.67. The summed E-state index contributed by atoms with van der Waals surface area (Å²) in [6.07, 6.45) is 15.5. The van der Waals surface area contributed by atoms with Gasteiger partial charge in [0.25, 0.3) is 0 Å². The van der Waals surface area contributed by atoms with Crippen molar-refractivity contribution in [2.24, 2.45) is 17.8 Å². The zero-order valence-corrected chi connectivity index (χ0v) is 25.7. The van der Waals surface area contributed by atoms with Crippen molar-refractivity contribution < 1.29 is 24.2 Å². The molecule has 2 heterocycles. The van der Waals surface area contributed by atoms with E-state index >= 15 is 0 Å². The van der Waals surface area contributed by atoms with E-state index in [1.807, 2.05) is 6.07 Å². The van der Waals surface area contributed by atoms with E-state index in [-0.39, 0.29) is 35.5 Å². The SMILES string of the molecule is CCN(C(=O)CCCCC1CCCCC1)[C@H]1CC[C@H]2[C@H]3Cc4ccc(OC(C)=O)c5c4[C@@]2(CCN3CC2CC2O)[C@H]1O5. The topological polar surface area (TPSA) is 79.3 Å². The first-order valence-electron chi connectivity index (χ1n) is 17.1. The molecule has 4 fully saturated rings. The van der Waals surface area contributed by atoms with Gasteiger partial charge >= 0.3 is 5.97 Å². The molecule has 7 rings (SSSR count). The Morgan fingerprint density at radius 3 is 2.69 bits per heavy atom. The van der Waals surface area contributed by atoms with E-state index in [1.54, 1.807) is 0 Å².